The Morgan fingerprint density at radius 2 is 1.88 bits per heavy atom. The van der Waals surface area contributed by atoms with E-state index in [0.717, 1.165) is 11.5 Å². The largest absolute Gasteiger partial charge is 0.340 e. The fourth-order valence-electron chi connectivity index (χ4n) is 2.86. The van der Waals surface area contributed by atoms with E-state index in [4.69, 9.17) is 0 Å². The van der Waals surface area contributed by atoms with Crippen molar-refractivity contribution in [1.29, 1.82) is 0 Å². The molecule has 1 aromatic rings. The smallest absolute Gasteiger partial charge is 0.244 e. The third kappa shape index (κ3) is 3.89. The number of nitrogens with zero attached hydrogens (tertiary/aromatic N) is 2. The molecule has 1 amide bonds. The number of carbonyl (C=O) groups excluding carboxylic acids is 2. The van der Waals surface area contributed by atoms with Crippen molar-refractivity contribution in [2.24, 2.45) is 0 Å². The van der Waals surface area contributed by atoms with Gasteiger partial charge < -0.3 is 4.90 Å². The van der Waals surface area contributed by atoms with Crippen LogP contribution in [0.25, 0.3) is 0 Å². The van der Waals surface area contributed by atoms with Gasteiger partial charge in [0.05, 0.1) is 10.8 Å². The van der Waals surface area contributed by atoms with Crippen LogP contribution in [0, 0.1) is 0 Å². The van der Waals surface area contributed by atoms with Gasteiger partial charge in [-0.25, -0.2) is 8.42 Å². The SMILES string of the molecule is CC(=O)c1cccc(S(=O)(=O)N2CSC[C@H]2C(=O)N2CCSCC2)c1. The minimum Gasteiger partial charge on any atom is -0.340 e. The number of ketones is 1. The van der Waals surface area contributed by atoms with Crippen LogP contribution in [0.1, 0.15) is 17.3 Å². The van der Waals surface area contributed by atoms with Crippen LogP contribution < -0.4 is 0 Å². The van der Waals surface area contributed by atoms with Crippen molar-refractivity contribution in [2.45, 2.75) is 17.9 Å². The molecule has 0 saturated carbocycles. The van der Waals surface area contributed by atoms with Crippen LogP contribution in [0.2, 0.25) is 0 Å². The summed E-state index contributed by atoms with van der Waals surface area (Å²) in [6.07, 6.45) is 0. The van der Waals surface area contributed by atoms with Gasteiger partial charge in [0.25, 0.3) is 0 Å². The van der Waals surface area contributed by atoms with E-state index in [1.807, 2.05) is 0 Å². The molecule has 9 heteroatoms. The quantitative estimate of drug-likeness (QED) is 0.714. The first-order valence-electron chi connectivity index (χ1n) is 7.98. The minimum atomic E-state index is -3.82. The number of rotatable bonds is 4. The third-order valence-corrected chi connectivity index (χ3v) is 8.27. The van der Waals surface area contributed by atoms with Crippen LogP contribution in [-0.4, -0.2) is 71.6 Å². The van der Waals surface area contributed by atoms with Gasteiger partial charge in [-0.1, -0.05) is 12.1 Å². The molecule has 6 nitrogen and oxygen atoms in total. The fourth-order valence-corrected chi connectivity index (χ4v) is 6.95. The molecular weight excluding hydrogens is 380 g/mol. The molecule has 25 heavy (non-hydrogen) atoms. The molecular formula is C16H20N2O4S3. The predicted molar refractivity (Wildman–Crippen MR) is 100 cm³/mol. The van der Waals surface area contributed by atoms with E-state index in [2.05, 4.69) is 0 Å². The van der Waals surface area contributed by atoms with Gasteiger partial charge in [0.1, 0.15) is 6.04 Å². The van der Waals surface area contributed by atoms with Crippen molar-refractivity contribution in [3.05, 3.63) is 29.8 Å². The highest BCUT2D eigenvalue weighted by atomic mass is 32.2. The Morgan fingerprint density at radius 1 is 1.16 bits per heavy atom. The second-order valence-electron chi connectivity index (χ2n) is 5.93. The van der Waals surface area contributed by atoms with Crippen LogP contribution in [-0.2, 0) is 14.8 Å². The lowest BCUT2D eigenvalue weighted by Crippen LogP contribution is -2.51. The summed E-state index contributed by atoms with van der Waals surface area (Å²) in [5, 5.41) is 0. The molecule has 2 saturated heterocycles. The van der Waals surface area contributed by atoms with Crippen LogP contribution in [0.5, 0.6) is 0 Å². The lowest BCUT2D eigenvalue weighted by atomic mass is 10.2. The van der Waals surface area contributed by atoms with Gasteiger partial charge in [-0.3, -0.25) is 9.59 Å². The van der Waals surface area contributed by atoms with Crippen LogP contribution in [0.4, 0.5) is 0 Å². The van der Waals surface area contributed by atoms with Crippen molar-refractivity contribution < 1.29 is 18.0 Å². The van der Waals surface area contributed by atoms with E-state index in [9.17, 15) is 18.0 Å². The third-order valence-electron chi connectivity index (χ3n) is 4.30. The average Bonchev–Trinajstić information content (AvgIpc) is 3.12. The van der Waals surface area contributed by atoms with Crippen LogP contribution >= 0.6 is 23.5 Å². The summed E-state index contributed by atoms with van der Waals surface area (Å²) >= 11 is 3.24. The Hall–Kier alpha value is -1.03. The highest BCUT2D eigenvalue weighted by Crippen LogP contribution is 2.30. The van der Waals surface area contributed by atoms with E-state index in [1.165, 1.54) is 35.1 Å². The molecule has 0 aliphatic carbocycles. The zero-order valence-corrected chi connectivity index (χ0v) is 16.3. The van der Waals surface area contributed by atoms with E-state index in [0.29, 0.717) is 24.4 Å². The first kappa shape index (κ1) is 18.8. The summed E-state index contributed by atoms with van der Waals surface area (Å²) in [7, 11) is -3.82. The summed E-state index contributed by atoms with van der Waals surface area (Å²) in [5.41, 5.74) is 0.351. The lowest BCUT2D eigenvalue weighted by Gasteiger charge is -2.31. The molecule has 2 fully saturated rings. The van der Waals surface area contributed by atoms with Crippen molar-refractivity contribution in [2.75, 3.05) is 36.2 Å². The average molecular weight is 401 g/mol. The molecule has 0 N–H and O–H groups in total. The number of benzene rings is 1. The Bertz CT molecular complexity index is 775. The summed E-state index contributed by atoms with van der Waals surface area (Å²) < 4.78 is 27.3. The molecule has 0 bridgehead atoms. The van der Waals surface area contributed by atoms with Crippen molar-refractivity contribution in [1.82, 2.24) is 9.21 Å². The Labute approximate surface area is 156 Å². The second-order valence-corrected chi connectivity index (χ2v) is 10.0. The molecule has 2 heterocycles. The highest BCUT2D eigenvalue weighted by molar-refractivity contribution is 8.00. The molecule has 136 valence electrons. The van der Waals surface area contributed by atoms with Gasteiger partial charge in [0.2, 0.25) is 15.9 Å². The van der Waals surface area contributed by atoms with Crippen molar-refractivity contribution >= 4 is 45.2 Å². The van der Waals surface area contributed by atoms with Gasteiger partial charge in [0.15, 0.2) is 5.78 Å². The zero-order chi connectivity index (χ0) is 18.0. The first-order chi connectivity index (χ1) is 11.9. The molecule has 1 atom stereocenters. The van der Waals surface area contributed by atoms with Crippen molar-refractivity contribution in [3.63, 3.8) is 0 Å². The number of hydrogen-bond acceptors (Lipinski definition) is 6. The molecule has 0 aromatic heterocycles. The number of thioether (sulfide) groups is 2. The number of carbonyl (C=O) groups is 2. The van der Waals surface area contributed by atoms with Gasteiger partial charge in [-0.2, -0.15) is 16.1 Å². The van der Waals surface area contributed by atoms with Gasteiger partial charge in [-0.15, -0.1) is 11.8 Å². The first-order valence-corrected chi connectivity index (χ1v) is 11.7. The number of hydrogen-bond donors (Lipinski definition) is 0. The maximum absolute atomic E-state index is 13.0. The molecule has 0 radical (unpaired) electrons. The monoisotopic (exact) mass is 400 g/mol. The molecule has 3 rings (SSSR count). The zero-order valence-electron chi connectivity index (χ0n) is 13.9. The normalized spacial score (nSPS) is 22.1. The lowest BCUT2D eigenvalue weighted by molar-refractivity contribution is -0.133. The number of amides is 1. The summed E-state index contributed by atoms with van der Waals surface area (Å²) in [6, 6.07) is 5.35. The van der Waals surface area contributed by atoms with E-state index < -0.39 is 16.1 Å². The van der Waals surface area contributed by atoms with E-state index in [1.54, 1.807) is 28.8 Å². The number of sulfonamides is 1. The second kappa shape index (κ2) is 7.69. The standard InChI is InChI=1S/C16H20N2O4S3/c1-12(19)13-3-2-4-14(9-13)25(21,22)18-11-24-10-15(18)16(20)17-5-7-23-8-6-17/h2-4,9,15H,5-8,10-11H2,1H3/t15-/m0/s1. The molecule has 2 aliphatic rings. The molecule has 2 aliphatic heterocycles. The summed E-state index contributed by atoms with van der Waals surface area (Å²) in [5.74, 6) is 2.19. The highest BCUT2D eigenvalue weighted by Gasteiger charge is 2.42. The Morgan fingerprint density at radius 3 is 2.56 bits per heavy atom. The summed E-state index contributed by atoms with van der Waals surface area (Å²) in [4.78, 5) is 26.2. The van der Waals surface area contributed by atoms with Crippen molar-refractivity contribution in [3.8, 4) is 0 Å². The van der Waals surface area contributed by atoms with E-state index >= 15 is 0 Å². The number of Topliss-reactive ketones (excluding diaryl/α,β-unsaturated/α-hetero) is 1. The van der Waals surface area contributed by atoms with Crippen LogP contribution in [0.3, 0.4) is 0 Å². The van der Waals surface area contributed by atoms with Gasteiger partial charge in [-0.05, 0) is 19.1 Å². The minimum absolute atomic E-state index is 0.0645. The molecule has 0 unspecified atom stereocenters. The Kier molecular flexibility index (Phi) is 5.77. The molecule has 1 aromatic carbocycles. The topological polar surface area (TPSA) is 74.8 Å². The van der Waals surface area contributed by atoms with E-state index in [-0.39, 0.29) is 22.5 Å². The predicted octanol–water partition coefficient (Wildman–Crippen LogP) is 1.53. The fraction of sp³-hybridized carbons (Fsp3) is 0.500. The van der Waals surface area contributed by atoms with Crippen LogP contribution in [0.15, 0.2) is 29.2 Å². The summed E-state index contributed by atoms with van der Waals surface area (Å²) in [6.45, 7) is 2.73. The maximum Gasteiger partial charge on any atom is 0.244 e. The Balaban J connectivity index is 1.86. The van der Waals surface area contributed by atoms with Gasteiger partial charge in [0, 0.05) is 35.9 Å². The molecule has 0 spiro atoms. The van der Waals surface area contributed by atoms with Gasteiger partial charge >= 0.3 is 0 Å². The maximum atomic E-state index is 13.0.